The molecule has 132 valence electrons. The van der Waals surface area contributed by atoms with Gasteiger partial charge in [-0.2, -0.15) is 13.2 Å². The highest BCUT2D eigenvalue weighted by Crippen LogP contribution is 2.36. The molecule has 1 fully saturated rings. The van der Waals surface area contributed by atoms with Crippen molar-refractivity contribution in [2.45, 2.75) is 44.7 Å². The standard InChI is InChI=1S/C17H20F3NO3/c18-17(19,20)13-6-4-5-12(9-13)10-14(22)21-11-16(15(23)24)7-2-1-3-8-16/h4-6,9H,1-3,7-8,10-11H2,(H,21,22)(H,23,24). The van der Waals surface area contributed by atoms with Crippen molar-refractivity contribution in [3.8, 4) is 0 Å². The highest BCUT2D eigenvalue weighted by molar-refractivity contribution is 5.80. The number of aliphatic carboxylic acids is 1. The number of rotatable bonds is 5. The van der Waals surface area contributed by atoms with E-state index >= 15 is 0 Å². The zero-order valence-electron chi connectivity index (χ0n) is 13.2. The number of carbonyl (C=O) groups excluding carboxylic acids is 1. The second-order valence-electron chi connectivity index (χ2n) is 6.30. The van der Waals surface area contributed by atoms with Crippen LogP contribution in [0.5, 0.6) is 0 Å². The molecule has 2 rings (SSSR count). The molecule has 1 aliphatic carbocycles. The van der Waals surface area contributed by atoms with Crippen LogP contribution in [-0.4, -0.2) is 23.5 Å². The minimum Gasteiger partial charge on any atom is -0.481 e. The fourth-order valence-corrected chi connectivity index (χ4v) is 3.07. The molecule has 1 amide bonds. The van der Waals surface area contributed by atoms with E-state index in [2.05, 4.69) is 5.32 Å². The molecule has 1 aromatic rings. The monoisotopic (exact) mass is 343 g/mol. The molecule has 1 aromatic carbocycles. The lowest BCUT2D eigenvalue weighted by molar-refractivity contribution is -0.151. The van der Waals surface area contributed by atoms with Gasteiger partial charge in [0.05, 0.1) is 17.4 Å². The summed E-state index contributed by atoms with van der Waals surface area (Å²) in [5, 5.41) is 12.0. The molecule has 7 heteroatoms. The van der Waals surface area contributed by atoms with Gasteiger partial charge in [-0.1, -0.05) is 37.5 Å². The van der Waals surface area contributed by atoms with E-state index in [-0.39, 0.29) is 18.5 Å². The molecule has 0 aliphatic heterocycles. The molecule has 0 aromatic heterocycles. The van der Waals surface area contributed by atoms with E-state index in [9.17, 15) is 27.9 Å². The first-order chi connectivity index (χ1) is 11.2. The van der Waals surface area contributed by atoms with Crippen LogP contribution in [0, 0.1) is 5.41 Å². The largest absolute Gasteiger partial charge is 0.481 e. The van der Waals surface area contributed by atoms with Crippen LogP contribution in [0.4, 0.5) is 13.2 Å². The lowest BCUT2D eigenvalue weighted by Gasteiger charge is -2.33. The smallest absolute Gasteiger partial charge is 0.416 e. The molecular weight excluding hydrogens is 323 g/mol. The maximum absolute atomic E-state index is 12.7. The first-order valence-corrected chi connectivity index (χ1v) is 7.89. The minimum atomic E-state index is -4.46. The minimum absolute atomic E-state index is 0.0140. The normalized spacial score (nSPS) is 17.3. The van der Waals surface area contributed by atoms with Gasteiger partial charge in [0.15, 0.2) is 0 Å². The lowest BCUT2D eigenvalue weighted by atomic mass is 9.74. The molecule has 4 nitrogen and oxygen atoms in total. The van der Waals surface area contributed by atoms with Crippen molar-refractivity contribution >= 4 is 11.9 Å². The van der Waals surface area contributed by atoms with Crippen LogP contribution in [0.1, 0.15) is 43.2 Å². The number of halogens is 3. The van der Waals surface area contributed by atoms with Gasteiger partial charge in [-0.15, -0.1) is 0 Å². The van der Waals surface area contributed by atoms with E-state index in [4.69, 9.17) is 0 Å². The number of carbonyl (C=O) groups is 2. The number of amides is 1. The second kappa shape index (κ2) is 7.23. The third-order valence-corrected chi connectivity index (χ3v) is 4.51. The quantitative estimate of drug-likeness (QED) is 0.861. The average molecular weight is 343 g/mol. The van der Waals surface area contributed by atoms with Crippen molar-refractivity contribution in [2.75, 3.05) is 6.54 Å². The summed E-state index contributed by atoms with van der Waals surface area (Å²) in [4.78, 5) is 23.5. The predicted octanol–water partition coefficient (Wildman–Crippen LogP) is 3.40. The summed E-state index contributed by atoms with van der Waals surface area (Å²) in [7, 11) is 0. The van der Waals surface area contributed by atoms with Crippen molar-refractivity contribution in [2.24, 2.45) is 5.41 Å². The first-order valence-electron chi connectivity index (χ1n) is 7.89. The predicted molar refractivity (Wildman–Crippen MR) is 81.3 cm³/mol. The number of alkyl halides is 3. The first kappa shape index (κ1) is 18.3. The molecule has 24 heavy (non-hydrogen) atoms. The van der Waals surface area contributed by atoms with Crippen molar-refractivity contribution in [3.63, 3.8) is 0 Å². The Morgan fingerprint density at radius 2 is 1.83 bits per heavy atom. The van der Waals surface area contributed by atoms with Crippen LogP contribution >= 0.6 is 0 Å². The maximum Gasteiger partial charge on any atom is 0.416 e. The van der Waals surface area contributed by atoms with Crippen molar-refractivity contribution in [1.82, 2.24) is 5.32 Å². The molecule has 0 unspecified atom stereocenters. The van der Waals surface area contributed by atoms with E-state index in [0.717, 1.165) is 31.4 Å². The van der Waals surface area contributed by atoms with Crippen molar-refractivity contribution < 1.29 is 27.9 Å². The number of carboxylic acids is 1. The Labute approximate surface area is 138 Å². The topological polar surface area (TPSA) is 66.4 Å². The Bertz CT molecular complexity index is 607. The van der Waals surface area contributed by atoms with E-state index in [1.54, 1.807) is 0 Å². The van der Waals surface area contributed by atoms with Crippen molar-refractivity contribution in [3.05, 3.63) is 35.4 Å². The van der Waals surface area contributed by atoms with Gasteiger partial charge >= 0.3 is 12.1 Å². The fraction of sp³-hybridized carbons (Fsp3) is 0.529. The Morgan fingerprint density at radius 1 is 1.17 bits per heavy atom. The van der Waals surface area contributed by atoms with E-state index in [1.807, 2.05) is 0 Å². The molecule has 0 bridgehead atoms. The Balaban J connectivity index is 1.97. The van der Waals surface area contributed by atoms with Crippen LogP contribution in [-0.2, 0) is 22.2 Å². The van der Waals surface area contributed by atoms with Crippen LogP contribution in [0.25, 0.3) is 0 Å². The number of nitrogens with one attached hydrogen (secondary N) is 1. The van der Waals surface area contributed by atoms with Gasteiger partial charge in [0.2, 0.25) is 5.91 Å². The summed E-state index contributed by atoms with van der Waals surface area (Å²) in [6.45, 7) is 0.0140. The molecule has 1 saturated carbocycles. The van der Waals surface area contributed by atoms with Crippen LogP contribution < -0.4 is 5.32 Å². The number of benzene rings is 1. The second-order valence-corrected chi connectivity index (χ2v) is 6.30. The summed E-state index contributed by atoms with van der Waals surface area (Å²) >= 11 is 0. The number of hydrogen-bond donors (Lipinski definition) is 2. The molecule has 0 heterocycles. The molecular formula is C17H20F3NO3. The van der Waals surface area contributed by atoms with Gasteiger partial charge in [0, 0.05) is 6.54 Å². The SMILES string of the molecule is O=C(Cc1cccc(C(F)(F)F)c1)NCC1(C(=O)O)CCCCC1. The maximum atomic E-state index is 12.7. The number of hydrogen-bond acceptors (Lipinski definition) is 2. The van der Waals surface area contributed by atoms with Crippen molar-refractivity contribution in [1.29, 1.82) is 0 Å². The van der Waals surface area contributed by atoms with Crippen LogP contribution in [0.15, 0.2) is 24.3 Å². The molecule has 2 N–H and O–H groups in total. The third-order valence-electron chi connectivity index (χ3n) is 4.51. The molecule has 0 spiro atoms. The fourth-order valence-electron chi connectivity index (χ4n) is 3.07. The summed E-state index contributed by atoms with van der Waals surface area (Å²) in [6.07, 6.45) is -1.07. The molecule has 1 aliphatic rings. The summed E-state index contributed by atoms with van der Waals surface area (Å²) < 4.78 is 38.0. The number of carboxylic acid groups (broad SMARTS) is 1. The average Bonchev–Trinajstić information content (AvgIpc) is 2.53. The van der Waals surface area contributed by atoms with Gasteiger partial charge < -0.3 is 10.4 Å². The van der Waals surface area contributed by atoms with Gasteiger partial charge in [-0.3, -0.25) is 9.59 Å². The summed E-state index contributed by atoms with van der Waals surface area (Å²) in [5.74, 6) is -1.40. The zero-order chi connectivity index (χ0) is 17.8. The Morgan fingerprint density at radius 3 is 2.42 bits per heavy atom. The van der Waals surface area contributed by atoms with Gasteiger partial charge in [-0.25, -0.2) is 0 Å². The summed E-state index contributed by atoms with van der Waals surface area (Å²) in [6, 6.07) is 4.59. The van der Waals surface area contributed by atoms with E-state index in [1.165, 1.54) is 12.1 Å². The van der Waals surface area contributed by atoms with Gasteiger partial charge in [0.1, 0.15) is 0 Å². The summed E-state index contributed by atoms with van der Waals surface area (Å²) in [5.41, 5.74) is -1.51. The van der Waals surface area contributed by atoms with E-state index < -0.39 is 29.0 Å². The molecule has 0 atom stereocenters. The van der Waals surface area contributed by atoms with Gasteiger partial charge in [0.25, 0.3) is 0 Å². The van der Waals surface area contributed by atoms with Gasteiger partial charge in [-0.05, 0) is 24.5 Å². The van der Waals surface area contributed by atoms with Crippen LogP contribution in [0.2, 0.25) is 0 Å². The third kappa shape index (κ3) is 4.49. The highest BCUT2D eigenvalue weighted by Gasteiger charge is 2.39. The van der Waals surface area contributed by atoms with E-state index in [0.29, 0.717) is 12.8 Å². The molecule has 0 radical (unpaired) electrons. The lowest BCUT2D eigenvalue weighted by Crippen LogP contribution is -2.44. The zero-order valence-corrected chi connectivity index (χ0v) is 13.2. The molecule has 0 saturated heterocycles. The Kier molecular flexibility index (Phi) is 5.51. The highest BCUT2D eigenvalue weighted by atomic mass is 19.4. The Hall–Kier alpha value is -2.05. The van der Waals surface area contributed by atoms with Crippen LogP contribution in [0.3, 0.4) is 0 Å².